The van der Waals surface area contributed by atoms with E-state index in [1.807, 2.05) is 0 Å². The Labute approximate surface area is 147 Å². The molecule has 0 bridgehead atoms. The maximum atomic E-state index is 12.8. The lowest BCUT2D eigenvalue weighted by Gasteiger charge is -2.33. The zero-order valence-electron chi connectivity index (χ0n) is 14.2. The van der Waals surface area contributed by atoms with Gasteiger partial charge in [-0.2, -0.15) is 4.31 Å². The van der Waals surface area contributed by atoms with Crippen LogP contribution in [0.25, 0.3) is 0 Å². The SMILES string of the molecule is C#CCNC(=O)N1CCN(S(=O)(=O)c2ccc(OC)c(OC)c2)CC1. The predicted molar refractivity (Wildman–Crippen MR) is 92.1 cm³/mol. The van der Waals surface area contributed by atoms with Gasteiger partial charge < -0.3 is 19.7 Å². The number of nitrogens with zero attached hydrogens (tertiary/aromatic N) is 2. The fraction of sp³-hybridized carbons (Fsp3) is 0.438. The lowest BCUT2D eigenvalue weighted by Crippen LogP contribution is -2.53. The van der Waals surface area contributed by atoms with Gasteiger partial charge in [-0.15, -0.1) is 6.42 Å². The molecule has 1 aliphatic rings. The first-order chi connectivity index (χ1) is 11.9. The number of amides is 2. The van der Waals surface area contributed by atoms with Gasteiger partial charge in [0.25, 0.3) is 0 Å². The summed E-state index contributed by atoms with van der Waals surface area (Å²) in [5.41, 5.74) is 0. The van der Waals surface area contributed by atoms with Crippen LogP contribution in [0.1, 0.15) is 0 Å². The number of carbonyl (C=O) groups excluding carboxylic acids is 1. The van der Waals surface area contributed by atoms with Crippen LogP contribution in [0.4, 0.5) is 4.79 Å². The summed E-state index contributed by atoms with van der Waals surface area (Å²) in [4.78, 5) is 13.5. The van der Waals surface area contributed by atoms with Crippen LogP contribution in [0.15, 0.2) is 23.1 Å². The van der Waals surface area contributed by atoms with Crippen molar-refractivity contribution in [3.63, 3.8) is 0 Å². The quantitative estimate of drug-likeness (QED) is 0.759. The largest absolute Gasteiger partial charge is 0.493 e. The third-order valence-corrected chi connectivity index (χ3v) is 5.75. The molecular weight excluding hydrogens is 346 g/mol. The fourth-order valence-electron chi connectivity index (χ4n) is 2.50. The Bertz CT molecular complexity index is 764. The topological polar surface area (TPSA) is 88.2 Å². The first kappa shape index (κ1) is 18.9. The van der Waals surface area contributed by atoms with Crippen LogP contribution in [0.2, 0.25) is 0 Å². The number of urea groups is 1. The van der Waals surface area contributed by atoms with Crippen LogP contribution in [0.3, 0.4) is 0 Å². The molecule has 0 spiro atoms. The molecule has 1 aromatic rings. The molecule has 2 rings (SSSR count). The summed E-state index contributed by atoms with van der Waals surface area (Å²) >= 11 is 0. The van der Waals surface area contributed by atoms with Gasteiger partial charge in [0.2, 0.25) is 10.0 Å². The van der Waals surface area contributed by atoms with Gasteiger partial charge in [-0.05, 0) is 12.1 Å². The standard InChI is InChI=1S/C16H21N3O5S/c1-4-7-17-16(20)18-8-10-19(11-9-18)25(21,22)13-5-6-14(23-2)15(12-13)24-3/h1,5-6,12H,7-11H2,2-3H3,(H,17,20). The highest BCUT2D eigenvalue weighted by atomic mass is 32.2. The Morgan fingerprint density at radius 1 is 1.20 bits per heavy atom. The minimum atomic E-state index is -3.68. The van der Waals surface area contributed by atoms with Crippen molar-refractivity contribution in [3.8, 4) is 23.8 Å². The number of ether oxygens (including phenoxy) is 2. The molecule has 0 aliphatic carbocycles. The number of benzene rings is 1. The van der Waals surface area contributed by atoms with Crippen molar-refractivity contribution in [2.75, 3.05) is 46.9 Å². The van der Waals surface area contributed by atoms with Crippen molar-refractivity contribution in [2.45, 2.75) is 4.90 Å². The van der Waals surface area contributed by atoms with Gasteiger partial charge in [0.05, 0.1) is 25.7 Å². The fourth-order valence-corrected chi connectivity index (χ4v) is 3.93. The Balaban J connectivity index is 2.09. The summed E-state index contributed by atoms with van der Waals surface area (Å²) < 4.78 is 37.2. The minimum Gasteiger partial charge on any atom is -0.493 e. The molecule has 0 radical (unpaired) electrons. The molecule has 9 heteroatoms. The van der Waals surface area contributed by atoms with Gasteiger partial charge in [-0.1, -0.05) is 5.92 Å². The Morgan fingerprint density at radius 2 is 1.84 bits per heavy atom. The number of piperazine rings is 1. The van der Waals surface area contributed by atoms with E-state index in [0.29, 0.717) is 24.6 Å². The molecule has 1 heterocycles. The van der Waals surface area contributed by atoms with E-state index in [9.17, 15) is 13.2 Å². The van der Waals surface area contributed by atoms with Crippen molar-refractivity contribution in [1.82, 2.24) is 14.5 Å². The molecule has 0 atom stereocenters. The van der Waals surface area contributed by atoms with Crippen LogP contribution >= 0.6 is 0 Å². The monoisotopic (exact) mass is 367 g/mol. The summed E-state index contributed by atoms with van der Waals surface area (Å²) in [5.74, 6) is 3.12. The van der Waals surface area contributed by atoms with Crippen LogP contribution in [0, 0.1) is 12.3 Å². The Hall–Kier alpha value is -2.44. The van der Waals surface area contributed by atoms with Crippen LogP contribution in [-0.2, 0) is 10.0 Å². The van der Waals surface area contributed by atoms with Crippen molar-refractivity contribution in [1.29, 1.82) is 0 Å². The predicted octanol–water partition coefficient (Wildman–Crippen LogP) is 0.353. The summed E-state index contributed by atoms with van der Waals surface area (Å²) in [7, 11) is -0.750. The van der Waals surface area contributed by atoms with E-state index >= 15 is 0 Å². The van der Waals surface area contributed by atoms with Crippen LogP contribution < -0.4 is 14.8 Å². The summed E-state index contributed by atoms with van der Waals surface area (Å²) in [6.45, 7) is 1.15. The van der Waals surface area contributed by atoms with Gasteiger partial charge >= 0.3 is 6.03 Å². The molecule has 1 aromatic carbocycles. The van der Waals surface area contributed by atoms with E-state index in [-0.39, 0.29) is 30.6 Å². The van der Waals surface area contributed by atoms with E-state index in [1.54, 1.807) is 6.07 Å². The van der Waals surface area contributed by atoms with Crippen LogP contribution in [0.5, 0.6) is 11.5 Å². The van der Waals surface area contributed by atoms with Crippen molar-refractivity contribution >= 4 is 16.1 Å². The second kappa shape index (κ2) is 8.09. The molecule has 25 heavy (non-hydrogen) atoms. The molecule has 0 saturated carbocycles. The highest BCUT2D eigenvalue weighted by molar-refractivity contribution is 7.89. The lowest BCUT2D eigenvalue weighted by molar-refractivity contribution is 0.173. The average Bonchev–Trinajstić information content (AvgIpc) is 2.65. The third kappa shape index (κ3) is 4.15. The smallest absolute Gasteiger partial charge is 0.318 e. The number of hydrogen-bond donors (Lipinski definition) is 1. The first-order valence-corrected chi connectivity index (χ1v) is 9.06. The zero-order valence-corrected chi connectivity index (χ0v) is 15.0. The summed E-state index contributed by atoms with van der Waals surface area (Å²) in [6.07, 6.45) is 5.10. The van der Waals surface area contributed by atoms with Crippen molar-refractivity contribution in [3.05, 3.63) is 18.2 Å². The van der Waals surface area contributed by atoms with Crippen molar-refractivity contribution in [2.24, 2.45) is 0 Å². The second-order valence-electron chi connectivity index (χ2n) is 5.27. The van der Waals surface area contributed by atoms with Gasteiger partial charge in [-0.25, -0.2) is 13.2 Å². The van der Waals surface area contributed by atoms with E-state index in [2.05, 4.69) is 11.2 Å². The number of terminal acetylenes is 1. The third-order valence-electron chi connectivity index (χ3n) is 3.86. The normalized spacial score (nSPS) is 15.3. The second-order valence-corrected chi connectivity index (χ2v) is 7.21. The highest BCUT2D eigenvalue weighted by Gasteiger charge is 2.30. The zero-order chi connectivity index (χ0) is 18.4. The van der Waals surface area contributed by atoms with E-state index in [4.69, 9.17) is 15.9 Å². The number of sulfonamides is 1. The van der Waals surface area contributed by atoms with E-state index < -0.39 is 10.0 Å². The molecule has 1 aliphatic heterocycles. The molecule has 8 nitrogen and oxygen atoms in total. The average molecular weight is 367 g/mol. The molecule has 1 fully saturated rings. The number of carbonyl (C=O) groups is 1. The van der Waals surface area contributed by atoms with Gasteiger partial charge in [0, 0.05) is 32.2 Å². The molecule has 1 N–H and O–H groups in total. The number of hydrogen-bond acceptors (Lipinski definition) is 5. The van der Waals surface area contributed by atoms with Gasteiger partial charge in [-0.3, -0.25) is 0 Å². The maximum absolute atomic E-state index is 12.8. The molecular formula is C16H21N3O5S. The first-order valence-electron chi connectivity index (χ1n) is 7.62. The van der Waals surface area contributed by atoms with Crippen LogP contribution in [-0.4, -0.2) is 70.6 Å². The molecule has 136 valence electrons. The lowest BCUT2D eigenvalue weighted by atomic mass is 10.3. The molecule has 0 aromatic heterocycles. The highest BCUT2D eigenvalue weighted by Crippen LogP contribution is 2.30. The van der Waals surface area contributed by atoms with Gasteiger partial charge in [0.1, 0.15) is 0 Å². The molecule has 0 unspecified atom stereocenters. The summed E-state index contributed by atoms with van der Waals surface area (Å²) in [6, 6.07) is 4.17. The van der Waals surface area contributed by atoms with Gasteiger partial charge in [0.15, 0.2) is 11.5 Å². The molecule has 1 saturated heterocycles. The summed E-state index contributed by atoms with van der Waals surface area (Å²) in [5, 5.41) is 2.57. The molecule has 2 amide bonds. The maximum Gasteiger partial charge on any atom is 0.318 e. The Kier molecular flexibility index (Phi) is 6.12. The Morgan fingerprint density at radius 3 is 2.40 bits per heavy atom. The minimum absolute atomic E-state index is 0.121. The van der Waals surface area contributed by atoms with E-state index in [0.717, 1.165) is 0 Å². The van der Waals surface area contributed by atoms with E-state index in [1.165, 1.54) is 35.6 Å². The number of rotatable bonds is 5. The number of methoxy groups -OCH3 is 2. The van der Waals surface area contributed by atoms with Crippen molar-refractivity contribution < 1.29 is 22.7 Å². The number of nitrogens with one attached hydrogen (secondary N) is 1.